The highest BCUT2D eigenvalue weighted by Gasteiger charge is 2.57. The van der Waals surface area contributed by atoms with E-state index >= 15 is 0 Å². The Kier molecular flexibility index (Phi) is 8.34. The number of hydrogen-bond donors (Lipinski definition) is 3. The van der Waals surface area contributed by atoms with Crippen LogP contribution in [-0.4, -0.2) is 83.5 Å². The first kappa shape index (κ1) is 26.4. The lowest BCUT2D eigenvalue weighted by Gasteiger charge is -2.50. The van der Waals surface area contributed by atoms with Gasteiger partial charge in [-0.3, -0.25) is 24.1 Å². The Labute approximate surface area is 210 Å². The number of thioether (sulfide) groups is 2. The van der Waals surface area contributed by atoms with Gasteiger partial charge in [-0.2, -0.15) is 9.36 Å². The van der Waals surface area contributed by atoms with Gasteiger partial charge in [-0.05, 0) is 20.1 Å². The third kappa shape index (κ3) is 5.73. The fourth-order valence-electron chi connectivity index (χ4n) is 3.13. The van der Waals surface area contributed by atoms with Crippen LogP contribution in [-0.2, 0) is 33.5 Å². The zero-order valence-corrected chi connectivity index (χ0v) is 21.0. The maximum absolute atomic E-state index is 12.9. The number of carbonyl (C=O) groups excluding carboxylic acids is 4. The third-order valence-corrected chi connectivity index (χ3v) is 6.80. The van der Waals surface area contributed by atoms with Gasteiger partial charge in [-0.1, -0.05) is 5.16 Å². The molecule has 2 amide bonds. The number of aromatic nitrogens is 2. The zero-order chi connectivity index (χ0) is 25.9. The summed E-state index contributed by atoms with van der Waals surface area (Å²) in [6.45, 7) is 2.77. The van der Waals surface area contributed by atoms with Crippen LogP contribution in [0.5, 0.6) is 0 Å². The number of carboxylic acid groups (broad SMARTS) is 1. The first-order chi connectivity index (χ1) is 16.5. The molecule has 0 radical (unpaired) electrons. The summed E-state index contributed by atoms with van der Waals surface area (Å²) in [5.41, 5.74) is 4.75. The quantitative estimate of drug-likeness (QED) is 0.0663. The summed E-state index contributed by atoms with van der Waals surface area (Å²) in [7, 11) is 0. The molecule has 2 aliphatic heterocycles. The number of nitrogens with two attached hydrogens (primary N) is 1. The maximum atomic E-state index is 12.9. The van der Waals surface area contributed by atoms with Crippen LogP contribution >= 0.6 is 35.1 Å². The maximum Gasteiger partial charge on any atom is 0.356 e. The van der Waals surface area contributed by atoms with Crippen molar-refractivity contribution >= 4 is 75.4 Å². The smallest absolute Gasteiger partial charge is 0.356 e. The molecule has 0 aromatic carbocycles. The Morgan fingerprint density at radius 3 is 2.63 bits per heavy atom. The predicted octanol–water partition coefficient (Wildman–Crippen LogP) is -0.232. The summed E-state index contributed by atoms with van der Waals surface area (Å²) in [5, 5.41) is 14.6. The van der Waals surface area contributed by atoms with Gasteiger partial charge >= 0.3 is 11.9 Å². The molecule has 3 atom stereocenters. The van der Waals surface area contributed by atoms with E-state index in [9.17, 15) is 29.1 Å². The molecule has 17 heteroatoms. The number of oxime groups is 1. The van der Waals surface area contributed by atoms with Gasteiger partial charge in [0.25, 0.3) is 11.8 Å². The van der Waals surface area contributed by atoms with Crippen LogP contribution < -0.4 is 11.1 Å². The highest BCUT2D eigenvalue weighted by Crippen LogP contribution is 2.44. The number of nitrogens with one attached hydrogen (secondary N) is 1. The highest BCUT2D eigenvalue weighted by molar-refractivity contribution is 8.00. The van der Waals surface area contributed by atoms with Crippen LogP contribution in [0.3, 0.4) is 0 Å². The van der Waals surface area contributed by atoms with Crippen LogP contribution in [0.15, 0.2) is 16.6 Å². The molecule has 0 aliphatic carbocycles. The number of carbonyl (C=O) groups is 5. The summed E-state index contributed by atoms with van der Waals surface area (Å²) in [6.07, 6.45) is 1.22. The monoisotopic (exact) mass is 544 g/mol. The number of esters is 1. The van der Waals surface area contributed by atoms with Crippen molar-refractivity contribution in [2.24, 2.45) is 5.16 Å². The molecule has 35 heavy (non-hydrogen) atoms. The molecule has 3 heterocycles. The van der Waals surface area contributed by atoms with Crippen molar-refractivity contribution in [3.05, 3.63) is 17.3 Å². The first-order valence-corrected chi connectivity index (χ1v) is 12.9. The van der Waals surface area contributed by atoms with Crippen molar-refractivity contribution in [1.29, 1.82) is 0 Å². The lowest BCUT2D eigenvalue weighted by molar-refractivity contribution is -0.152. The van der Waals surface area contributed by atoms with Crippen molar-refractivity contribution in [2.75, 3.05) is 17.9 Å². The van der Waals surface area contributed by atoms with E-state index in [0.29, 0.717) is 0 Å². The molecular formula is C18H20N6O8S3. The lowest BCUT2D eigenvalue weighted by atomic mass is 10.0. The molecule has 2 aliphatic rings. The number of Topliss-reactive ketones (excluding diaryl/α,β-unsaturated/α-hetero) is 1. The number of carboxylic acids is 1. The number of nitrogen functional groups attached to an aromatic ring is 1. The zero-order valence-electron chi connectivity index (χ0n) is 18.5. The minimum absolute atomic E-state index is 0.0924. The van der Waals surface area contributed by atoms with Gasteiger partial charge in [0.1, 0.15) is 23.6 Å². The minimum Gasteiger partial charge on any atom is -0.476 e. The van der Waals surface area contributed by atoms with Crippen LogP contribution in [0, 0.1) is 0 Å². The molecule has 1 saturated heterocycles. The van der Waals surface area contributed by atoms with E-state index in [1.807, 2.05) is 0 Å². The van der Waals surface area contributed by atoms with Gasteiger partial charge in [0.05, 0.1) is 5.25 Å². The van der Waals surface area contributed by atoms with Crippen LogP contribution in [0.1, 0.15) is 26.1 Å². The van der Waals surface area contributed by atoms with Crippen molar-refractivity contribution in [1.82, 2.24) is 19.6 Å². The van der Waals surface area contributed by atoms with Gasteiger partial charge in [0.15, 0.2) is 22.5 Å². The number of ether oxygens (including phenoxy) is 1. The molecule has 14 nitrogen and oxygen atoms in total. The van der Waals surface area contributed by atoms with Gasteiger partial charge in [-0.15, -0.1) is 23.5 Å². The molecule has 4 N–H and O–H groups in total. The van der Waals surface area contributed by atoms with Crippen molar-refractivity contribution in [3.63, 3.8) is 0 Å². The van der Waals surface area contributed by atoms with Gasteiger partial charge < -0.3 is 25.7 Å². The summed E-state index contributed by atoms with van der Waals surface area (Å²) < 4.78 is 9.07. The summed E-state index contributed by atoms with van der Waals surface area (Å²) >= 11 is 3.25. The molecule has 1 aromatic rings. The molecule has 188 valence electrons. The van der Waals surface area contributed by atoms with Crippen molar-refractivity contribution < 1.29 is 38.7 Å². The Hall–Kier alpha value is -3.18. The second kappa shape index (κ2) is 11.0. The average Bonchev–Trinajstić information content (AvgIpc) is 3.21. The van der Waals surface area contributed by atoms with E-state index in [0.717, 1.165) is 28.2 Å². The Balaban J connectivity index is 1.82. The summed E-state index contributed by atoms with van der Waals surface area (Å²) in [5.74, 6) is -4.66. The Morgan fingerprint density at radius 2 is 2.06 bits per heavy atom. The molecule has 0 spiro atoms. The normalized spacial score (nSPS) is 21.7. The number of anilines is 1. The fourth-order valence-corrected chi connectivity index (χ4v) is 5.09. The number of β-lactam (4-membered cyclic amide) rings is 1. The summed E-state index contributed by atoms with van der Waals surface area (Å²) in [4.78, 5) is 70.8. The van der Waals surface area contributed by atoms with E-state index in [2.05, 4.69) is 19.8 Å². The number of ketones is 1. The van der Waals surface area contributed by atoms with E-state index in [1.165, 1.54) is 18.7 Å². The number of hydrogen-bond acceptors (Lipinski definition) is 14. The topological polar surface area (TPSA) is 203 Å². The third-order valence-electron chi connectivity index (χ3n) is 4.53. The van der Waals surface area contributed by atoms with E-state index in [4.69, 9.17) is 15.3 Å². The highest BCUT2D eigenvalue weighted by atomic mass is 32.2. The van der Waals surface area contributed by atoms with E-state index in [1.54, 1.807) is 13.2 Å². The second-order valence-corrected chi connectivity index (χ2v) is 10.2. The van der Waals surface area contributed by atoms with E-state index < -0.39 is 58.3 Å². The van der Waals surface area contributed by atoms with Gasteiger partial charge in [0.2, 0.25) is 11.5 Å². The van der Waals surface area contributed by atoms with Gasteiger partial charge in [-0.25, -0.2) is 4.79 Å². The lowest BCUT2D eigenvalue weighted by Crippen LogP contribution is -2.71. The van der Waals surface area contributed by atoms with Crippen LogP contribution in [0.4, 0.5) is 5.13 Å². The molecule has 3 rings (SSSR count). The first-order valence-electron chi connectivity index (χ1n) is 9.80. The minimum atomic E-state index is -1.50. The predicted molar refractivity (Wildman–Crippen MR) is 126 cm³/mol. The number of amides is 2. The second-order valence-electron chi connectivity index (χ2n) is 7.13. The number of rotatable bonds is 10. The summed E-state index contributed by atoms with van der Waals surface area (Å²) in [6, 6.07) is -1.11. The standard InChI is InChI=1S/C18H20N6O8S3/c1-6(25)4-8(26)32-12-7(2)34-16-10(15(28)24(16)11(12)17(29)30)20-14(27)9(22-31-5-33-3)13-21-18(19)35-23-13/h7,10,16H,4-5H2,1-3H3,(H,20,27)(H,29,30)(H2,19,21,23)/t7?,10?,16-/m1/s1. The molecule has 2 unspecified atom stereocenters. The number of fused-ring (bicyclic) bond motifs is 1. The van der Waals surface area contributed by atoms with Crippen LogP contribution in [0.2, 0.25) is 0 Å². The largest absolute Gasteiger partial charge is 0.476 e. The van der Waals surface area contributed by atoms with Crippen LogP contribution in [0.25, 0.3) is 0 Å². The Morgan fingerprint density at radius 1 is 1.34 bits per heavy atom. The van der Waals surface area contributed by atoms with E-state index in [-0.39, 0.29) is 28.4 Å². The molecule has 1 aromatic heterocycles. The molecule has 1 fully saturated rings. The average molecular weight is 545 g/mol. The molecular weight excluding hydrogens is 524 g/mol. The Bertz CT molecular complexity index is 1140. The van der Waals surface area contributed by atoms with Gasteiger partial charge in [0, 0.05) is 11.5 Å². The van der Waals surface area contributed by atoms with Crippen molar-refractivity contribution in [2.45, 2.75) is 36.9 Å². The fraction of sp³-hybridized carbons (Fsp3) is 0.444. The molecule has 0 bridgehead atoms. The number of aliphatic carboxylic acids is 1. The van der Waals surface area contributed by atoms with Crippen molar-refractivity contribution in [3.8, 4) is 0 Å². The number of nitrogens with zero attached hydrogens (tertiary/aromatic N) is 4. The molecule has 0 saturated carbocycles. The SMILES string of the molecule is CSCON=C(C(=O)NC1C(=O)N2C(C(=O)O)=C(OC(=O)CC(C)=O)C(C)S[C@H]12)c1nsc(N)n1.